The average Bonchev–Trinajstić information content (AvgIpc) is 2.66. The fourth-order valence-electron chi connectivity index (χ4n) is 2.92. The molecule has 0 aromatic heterocycles. The molecule has 0 radical (unpaired) electrons. The molecular weight excluding hydrogens is 221 g/mol. The molecule has 16 heavy (non-hydrogen) atoms. The summed E-state index contributed by atoms with van der Waals surface area (Å²) in [5.74, 6) is -1.42. The first-order valence-corrected chi connectivity index (χ1v) is 5.34. The predicted octanol–water partition coefficient (Wildman–Crippen LogP) is 1.01. The number of halogens is 3. The summed E-state index contributed by atoms with van der Waals surface area (Å²) in [5, 5.41) is 3.16. The average molecular weight is 236 g/mol. The minimum atomic E-state index is -4.76. The number of likely N-dealkylation sites (tertiary alicyclic amines) is 1. The van der Waals surface area contributed by atoms with Crippen molar-refractivity contribution in [1.29, 1.82) is 0 Å². The van der Waals surface area contributed by atoms with Gasteiger partial charge in [0.1, 0.15) is 0 Å². The number of carbonyl (C=O) groups excluding carboxylic acids is 1. The van der Waals surface area contributed by atoms with Crippen LogP contribution in [0, 0.1) is 11.8 Å². The molecule has 2 aliphatic rings. The molecule has 6 heteroatoms. The van der Waals surface area contributed by atoms with Crippen LogP contribution in [0.2, 0.25) is 0 Å². The third kappa shape index (κ3) is 1.59. The van der Waals surface area contributed by atoms with Gasteiger partial charge in [-0.1, -0.05) is 0 Å². The maximum absolute atomic E-state index is 12.4. The van der Waals surface area contributed by atoms with Crippen LogP contribution >= 0.6 is 0 Å². The van der Waals surface area contributed by atoms with Crippen LogP contribution in [0.4, 0.5) is 13.2 Å². The smallest absolute Gasteiger partial charge is 0.329 e. The van der Waals surface area contributed by atoms with Gasteiger partial charge >= 0.3 is 12.1 Å². The minimum Gasteiger partial charge on any atom is -0.329 e. The number of hydrogen-bond donors (Lipinski definition) is 1. The Bertz CT molecular complexity index is 314. The Morgan fingerprint density at radius 2 is 2.00 bits per heavy atom. The highest BCUT2D eigenvalue weighted by molar-refractivity contribution is 5.83. The van der Waals surface area contributed by atoms with Crippen molar-refractivity contribution in [2.75, 3.05) is 19.6 Å². The van der Waals surface area contributed by atoms with Crippen molar-refractivity contribution in [2.24, 2.45) is 11.8 Å². The lowest BCUT2D eigenvalue weighted by molar-refractivity contribution is -0.189. The van der Waals surface area contributed by atoms with Gasteiger partial charge in [-0.2, -0.15) is 13.2 Å². The van der Waals surface area contributed by atoms with E-state index in [1.54, 1.807) is 13.8 Å². The molecule has 2 aliphatic heterocycles. The van der Waals surface area contributed by atoms with Crippen molar-refractivity contribution < 1.29 is 18.0 Å². The summed E-state index contributed by atoms with van der Waals surface area (Å²) < 4.78 is 37.2. The van der Waals surface area contributed by atoms with E-state index in [1.165, 1.54) is 0 Å². The first-order valence-electron chi connectivity index (χ1n) is 5.34. The zero-order valence-electron chi connectivity index (χ0n) is 9.27. The Morgan fingerprint density at radius 3 is 2.50 bits per heavy atom. The molecule has 1 amide bonds. The summed E-state index contributed by atoms with van der Waals surface area (Å²) in [6, 6.07) is 0. The monoisotopic (exact) mass is 236 g/mol. The van der Waals surface area contributed by atoms with Crippen molar-refractivity contribution in [3.8, 4) is 0 Å². The standard InChI is InChI=1S/C10H15F3N2O/c1-9(2)7-4-14-3-6(7)5-15(9)8(16)10(11,12)13/h6-7,14H,3-5H2,1-2H3. The summed E-state index contributed by atoms with van der Waals surface area (Å²) in [4.78, 5) is 12.3. The first kappa shape index (κ1) is 11.7. The summed E-state index contributed by atoms with van der Waals surface area (Å²) in [6.45, 7) is 5.04. The molecule has 0 saturated carbocycles. The number of nitrogens with zero attached hydrogens (tertiary/aromatic N) is 1. The SMILES string of the molecule is CC1(C)C2CNCC2CN1C(=O)C(F)(F)F. The quantitative estimate of drug-likeness (QED) is 0.680. The van der Waals surface area contributed by atoms with Gasteiger partial charge in [0.15, 0.2) is 0 Å². The first-order chi connectivity index (χ1) is 7.24. The van der Waals surface area contributed by atoms with Crippen LogP contribution in [-0.2, 0) is 4.79 Å². The van der Waals surface area contributed by atoms with Crippen LogP contribution < -0.4 is 5.32 Å². The molecule has 0 spiro atoms. The van der Waals surface area contributed by atoms with Gasteiger partial charge in [0.2, 0.25) is 0 Å². The second kappa shape index (κ2) is 3.35. The van der Waals surface area contributed by atoms with Crippen LogP contribution in [0.3, 0.4) is 0 Å². The third-order valence-corrected chi connectivity index (χ3v) is 3.85. The van der Waals surface area contributed by atoms with Crippen LogP contribution in [0.25, 0.3) is 0 Å². The van der Waals surface area contributed by atoms with Crippen molar-refractivity contribution in [3.63, 3.8) is 0 Å². The largest absolute Gasteiger partial charge is 0.471 e. The Hall–Kier alpha value is -0.780. The van der Waals surface area contributed by atoms with Gasteiger partial charge in [0.05, 0.1) is 0 Å². The van der Waals surface area contributed by atoms with E-state index < -0.39 is 17.6 Å². The van der Waals surface area contributed by atoms with Gasteiger partial charge in [0, 0.05) is 25.2 Å². The van der Waals surface area contributed by atoms with Crippen LogP contribution in [0.15, 0.2) is 0 Å². The van der Waals surface area contributed by atoms with E-state index in [0.717, 1.165) is 4.90 Å². The molecule has 2 heterocycles. The van der Waals surface area contributed by atoms with E-state index in [0.29, 0.717) is 13.1 Å². The number of alkyl halides is 3. The molecule has 0 bridgehead atoms. The van der Waals surface area contributed by atoms with Crippen LogP contribution in [0.5, 0.6) is 0 Å². The molecule has 1 N–H and O–H groups in total. The summed E-state index contributed by atoms with van der Waals surface area (Å²) in [6.07, 6.45) is -4.76. The fourth-order valence-corrected chi connectivity index (χ4v) is 2.92. The Balaban J connectivity index is 2.22. The van der Waals surface area contributed by atoms with E-state index in [4.69, 9.17) is 0 Å². The Labute approximate surface area is 92.0 Å². The normalized spacial score (nSPS) is 32.9. The molecule has 2 rings (SSSR count). The number of rotatable bonds is 0. The second-order valence-electron chi connectivity index (χ2n) is 5.09. The second-order valence-corrected chi connectivity index (χ2v) is 5.09. The predicted molar refractivity (Wildman–Crippen MR) is 51.7 cm³/mol. The zero-order valence-corrected chi connectivity index (χ0v) is 9.27. The van der Waals surface area contributed by atoms with Gasteiger partial charge in [-0.05, 0) is 25.7 Å². The summed E-state index contributed by atoms with van der Waals surface area (Å²) in [5.41, 5.74) is -0.708. The Morgan fingerprint density at radius 1 is 1.38 bits per heavy atom. The van der Waals surface area contributed by atoms with E-state index in [1.807, 2.05) is 0 Å². The van der Waals surface area contributed by atoms with Crippen molar-refractivity contribution in [2.45, 2.75) is 25.6 Å². The van der Waals surface area contributed by atoms with Gasteiger partial charge in [-0.3, -0.25) is 4.79 Å². The summed E-state index contributed by atoms with van der Waals surface area (Å²) in [7, 11) is 0. The van der Waals surface area contributed by atoms with E-state index >= 15 is 0 Å². The van der Waals surface area contributed by atoms with Gasteiger partial charge in [-0.25, -0.2) is 0 Å². The maximum Gasteiger partial charge on any atom is 0.471 e. The molecule has 0 aromatic rings. The van der Waals surface area contributed by atoms with Crippen molar-refractivity contribution in [1.82, 2.24) is 10.2 Å². The van der Waals surface area contributed by atoms with Crippen molar-refractivity contribution >= 4 is 5.91 Å². The minimum absolute atomic E-state index is 0.124. The molecule has 0 aromatic carbocycles. The highest BCUT2D eigenvalue weighted by Crippen LogP contribution is 2.42. The van der Waals surface area contributed by atoms with E-state index in [-0.39, 0.29) is 18.4 Å². The number of amides is 1. The molecule has 2 saturated heterocycles. The highest BCUT2D eigenvalue weighted by Gasteiger charge is 2.56. The number of carbonyl (C=O) groups is 1. The molecule has 2 unspecified atom stereocenters. The molecule has 3 nitrogen and oxygen atoms in total. The maximum atomic E-state index is 12.4. The molecular formula is C10H15F3N2O. The third-order valence-electron chi connectivity index (χ3n) is 3.85. The summed E-state index contributed by atoms with van der Waals surface area (Å²) >= 11 is 0. The van der Waals surface area contributed by atoms with Crippen LogP contribution in [-0.4, -0.2) is 42.2 Å². The molecule has 0 aliphatic carbocycles. The van der Waals surface area contributed by atoms with Gasteiger partial charge < -0.3 is 10.2 Å². The number of hydrogen-bond acceptors (Lipinski definition) is 2. The Kier molecular flexibility index (Phi) is 2.45. The molecule has 92 valence electrons. The number of fused-ring (bicyclic) bond motifs is 1. The van der Waals surface area contributed by atoms with Gasteiger partial charge in [-0.15, -0.1) is 0 Å². The topological polar surface area (TPSA) is 32.3 Å². The molecule has 2 atom stereocenters. The molecule has 2 fully saturated rings. The lowest BCUT2D eigenvalue weighted by Crippen LogP contribution is -2.52. The van der Waals surface area contributed by atoms with Gasteiger partial charge in [0.25, 0.3) is 0 Å². The van der Waals surface area contributed by atoms with E-state index in [2.05, 4.69) is 5.32 Å². The fraction of sp³-hybridized carbons (Fsp3) is 0.900. The lowest BCUT2D eigenvalue weighted by atomic mass is 9.85. The van der Waals surface area contributed by atoms with Crippen molar-refractivity contribution in [3.05, 3.63) is 0 Å². The zero-order chi connectivity index (χ0) is 12.1. The van der Waals surface area contributed by atoms with Crippen LogP contribution in [0.1, 0.15) is 13.8 Å². The lowest BCUT2D eigenvalue weighted by Gasteiger charge is -2.35. The number of nitrogens with one attached hydrogen (secondary N) is 1. The van der Waals surface area contributed by atoms with E-state index in [9.17, 15) is 18.0 Å². The highest BCUT2D eigenvalue weighted by atomic mass is 19.4.